The minimum Gasteiger partial charge on any atom is -0.480 e. The average molecular weight is 830 g/mol. The highest BCUT2D eigenvalue weighted by molar-refractivity contribution is 7.47. The fourth-order valence-electron chi connectivity index (χ4n) is 6.01. The number of esters is 2. The van der Waals surface area contributed by atoms with Gasteiger partial charge in [-0.2, -0.15) is 0 Å². The number of ether oxygens (including phenoxy) is 2. The molecule has 0 amide bonds. The molecule has 57 heavy (non-hydrogen) atoms. The van der Waals surface area contributed by atoms with Gasteiger partial charge in [-0.05, 0) is 32.1 Å². The Hall–Kier alpha value is -2.34. The largest absolute Gasteiger partial charge is 0.480 e. The maximum Gasteiger partial charge on any atom is 0.472 e. The lowest BCUT2D eigenvalue weighted by atomic mass is 10.0. The zero-order valence-electron chi connectivity index (χ0n) is 35.5. The number of carboxylic acid groups (broad SMARTS) is 1. The van der Waals surface area contributed by atoms with Crippen LogP contribution < -0.4 is 5.73 Å². The number of phosphoric acid groups is 1. The molecule has 13 heteroatoms. The maximum absolute atomic E-state index is 12.6. The van der Waals surface area contributed by atoms with E-state index < -0.39 is 57.2 Å². The molecule has 5 N–H and O–H groups in total. The van der Waals surface area contributed by atoms with Gasteiger partial charge in [0.15, 0.2) is 6.10 Å². The Morgan fingerprint density at radius 3 is 1.65 bits per heavy atom. The van der Waals surface area contributed by atoms with Crippen LogP contribution in [0.4, 0.5) is 0 Å². The zero-order chi connectivity index (χ0) is 42.2. The van der Waals surface area contributed by atoms with E-state index in [0.717, 1.165) is 57.8 Å². The summed E-state index contributed by atoms with van der Waals surface area (Å²) in [5.74, 6) is -2.46. The van der Waals surface area contributed by atoms with E-state index in [2.05, 4.69) is 30.5 Å². The predicted octanol–water partition coefficient (Wildman–Crippen LogP) is 10.6. The normalized spacial score (nSPS) is 14.6. The molecule has 0 aliphatic rings. The number of nitrogens with two attached hydrogens (primary N) is 1. The number of rotatable bonds is 41. The number of carbonyl (C=O) groups is 3. The van der Waals surface area contributed by atoms with Crippen LogP contribution in [0.25, 0.3) is 0 Å². The molecule has 2 unspecified atom stereocenters. The van der Waals surface area contributed by atoms with Gasteiger partial charge in [-0.25, -0.2) is 4.57 Å². The highest BCUT2D eigenvalue weighted by Gasteiger charge is 2.28. The van der Waals surface area contributed by atoms with Gasteiger partial charge in [-0.1, -0.05) is 179 Å². The number of aliphatic carboxylic acids is 1. The molecule has 0 radical (unpaired) electrons. The second-order valence-corrected chi connectivity index (χ2v) is 16.5. The molecule has 0 bridgehead atoms. The third kappa shape index (κ3) is 38.9. The molecule has 0 aliphatic heterocycles. The Morgan fingerprint density at radius 2 is 1.12 bits per heavy atom. The molecule has 12 nitrogen and oxygen atoms in total. The van der Waals surface area contributed by atoms with E-state index in [9.17, 15) is 28.9 Å². The Bertz CT molecular complexity index is 1130. The van der Waals surface area contributed by atoms with Crippen LogP contribution in [-0.4, -0.2) is 71.1 Å². The van der Waals surface area contributed by atoms with E-state index in [1.54, 1.807) is 6.08 Å². The van der Waals surface area contributed by atoms with Crippen LogP contribution in [0.2, 0.25) is 0 Å². The number of carboxylic acids is 1. The standard InChI is InChI=1S/C44H80NO11P/c1-3-5-7-9-11-12-13-14-15-16-17-18-19-20-22-26-31-35-43(48)56-40(37-54-57(51,52)55-38-41(45)44(49)50)36-53-42(47)34-30-27-23-25-29-33-39(46)32-28-24-21-10-8-6-4-2/h6,8,21,24,28,32,39-41,46H,3-5,7,9-20,22-23,25-27,29-31,33-38,45H2,1-2H3,(H,49,50)(H,51,52)/b8-6+,24-21+,32-28+/t39?,40-,41+/m1/s1. The van der Waals surface area contributed by atoms with Crippen molar-refractivity contribution in [1.82, 2.24) is 0 Å². The highest BCUT2D eigenvalue weighted by Crippen LogP contribution is 2.43. The van der Waals surface area contributed by atoms with Gasteiger partial charge in [0, 0.05) is 12.8 Å². The van der Waals surface area contributed by atoms with Gasteiger partial charge in [0.25, 0.3) is 0 Å². The summed E-state index contributed by atoms with van der Waals surface area (Å²) in [6.07, 6.45) is 38.0. The molecular weight excluding hydrogens is 749 g/mol. The van der Waals surface area contributed by atoms with Gasteiger partial charge in [0.05, 0.1) is 19.3 Å². The van der Waals surface area contributed by atoms with E-state index >= 15 is 0 Å². The molecule has 0 heterocycles. The van der Waals surface area contributed by atoms with Crippen molar-refractivity contribution in [2.45, 2.75) is 205 Å². The molecule has 0 saturated carbocycles. The number of unbranched alkanes of at least 4 members (excludes halogenated alkanes) is 20. The first-order chi connectivity index (χ1) is 27.5. The monoisotopic (exact) mass is 830 g/mol. The van der Waals surface area contributed by atoms with Gasteiger partial charge >= 0.3 is 25.7 Å². The summed E-state index contributed by atoms with van der Waals surface area (Å²) in [7, 11) is -4.74. The second-order valence-electron chi connectivity index (χ2n) is 15.0. The van der Waals surface area contributed by atoms with E-state index in [0.29, 0.717) is 19.3 Å². The first-order valence-electron chi connectivity index (χ1n) is 22.1. The Morgan fingerprint density at radius 1 is 0.632 bits per heavy atom. The molecule has 0 fully saturated rings. The van der Waals surface area contributed by atoms with Crippen LogP contribution in [0.1, 0.15) is 187 Å². The summed E-state index contributed by atoms with van der Waals surface area (Å²) in [6, 6.07) is -1.53. The van der Waals surface area contributed by atoms with Crippen LogP contribution >= 0.6 is 7.82 Å². The average Bonchev–Trinajstić information content (AvgIpc) is 3.18. The fraction of sp³-hybridized carbons (Fsp3) is 0.795. The molecule has 0 spiro atoms. The van der Waals surface area contributed by atoms with E-state index in [1.165, 1.54) is 83.5 Å². The Kier molecular flexibility index (Phi) is 37.5. The molecule has 332 valence electrons. The summed E-state index contributed by atoms with van der Waals surface area (Å²) in [4.78, 5) is 46.0. The third-order valence-electron chi connectivity index (χ3n) is 9.51. The highest BCUT2D eigenvalue weighted by atomic mass is 31.2. The van der Waals surface area contributed by atoms with Crippen LogP contribution in [0, 0.1) is 0 Å². The van der Waals surface area contributed by atoms with Crippen LogP contribution in [0.3, 0.4) is 0 Å². The lowest BCUT2D eigenvalue weighted by Crippen LogP contribution is -2.34. The predicted molar refractivity (Wildman–Crippen MR) is 228 cm³/mol. The molecular formula is C44H80NO11P. The number of aliphatic hydroxyl groups excluding tert-OH is 1. The quantitative estimate of drug-likeness (QED) is 0.0150. The van der Waals surface area contributed by atoms with Crippen LogP contribution in [0.15, 0.2) is 36.5 Å². The van der Waals surface area contributed by atoms with Crippen LogP contribution in [0.5, 0.6) is 0 Å². The summed E-state index contributed by atoms with van der Waals surface area (Å²) in [6.45, 7) is 2.59. The van der Waals surface area contributed by atoms with Crippen molar-refractivity contribution in [3.63, 3.8) is 0 Å². The van der Waals surface area contributed by atoms with Crippen molar-refractivity contribution in [3.05, 3.63) is 36.5 Å². The number of aliphatic hydroxyl groups is 1. The van der Waals surface area contributed by atoms with E-state index in [-0.39, 0.29) is 19.4 Å². The number of carbonyl (C=O) groups excluding carboxylic acids is 2. The maximum atomic E-state index is 12.6. The minimum absolute atomic E-state index is 0.144. The molecule has 0 aromatic carbocycles. The van der Waals surface area contributed by atoms with Crippen molar-refractivity contribution >= 4 is 25.7 Å². The molecule has 0 aliphatic carbocycles. The van der Waals surface area contributed by atoms with Crippen molar-refractivity contribution in [2.24, 2.45) is 5.73 Å². The molecule has 0 aromatic rings. The Labute approximate surface area is 345 Å². The molecule has 4 atom stereocenters. The second kappa shape index (κ2) is 39.1. The van der Waals surface area contributed by atoms with Gasteiger partial charge in [-0.3, -0.25) is 23.4 Å². The zero-order valence-corrected chi connectivity index (χ0v) is 36.4. The third-order valence-corrected chi connectivity index (χ3v) is 10.5. The first-order valence-corrected chi connectivity index (χ1v) is 23.6. The molecule has 0 rings (SSSR count). The number of allylic oxidation sites excluding steroid dienone is 5. The van der Waals surface area contributed by atoms with Crippen LogP contribution in [-0.2, 0) is 37.5 Å². The number of hydrogen-bond donors (Lipinski definition) is 4. The van der Waals surface area contributed by atoms with E-state index in [1.807, 2.05) is 18.2 Å². The summed E-state index contributed by atoms with van der Waals surface area (Å²) >= 11 is 0. The van der Waals surface area contributed by atoms with E-state index in [4.69, 9.17) is 24.8 Å². The van der Waals surface area contributed by atoms with Crippen molar-refractivity contribution in [3.8, 4) is 0 Å². The number of hydrogen-bond acceptors (Lipinski definition) is 10. The van der Waals surface area contributed by atoms with Gasteiger partial charge < -0.3 is 30.3 Å². The lowest BCUT2D eigenvalue weighted by molar-refractivity contribution is -0.161. The number of phosphoric ester groups is 1. The van der Waals surface area contributed by atoms with Gasteiger partial charge in [0.2, 0.25) is 0 Å². The molecule has 0 aromatic heterocycles. The Balaban J connectivity index is 4.41. The van der Waals surface area contributed by atoms with Crippen molar-refractivity contribution < 1.29 is 52.6 Å². The fourth-order valence-corrected chi connectivity index (χ4v) is 6.79. The lowest BCUT2D eigenvalue weighted by Gasteiger charge is -2.20. The summed E-state index contributed by atoms with van der Waals surface area (Å²) in [5.41, 5.74) is 5.33. The minimum atomic E-state index is -4.74. The SMILES string of the molecule is CC/C=C/C/C=C/C=C/C(O)CCCCCCCC(=O)OC[C@H](COP(=O)(O)OC[C@H](N)C(=O)O)OC(=O)CCCCCCCCCCCCCCCCCCC. The van der Waals surface area contributed by atoms with Crippen molar-refractivity contribution in [1.29, 1.82) is 0 Å². The van der Waals surface area contributed by atoms with Gasteiger partial charge in [0.1, 0.15) is 12.6 Å². The van der Waals surface area contributed by atoms with Gasteiger partial charge in [-0.15, -0.1) is 0 Å². The smallest absolute Gasteiger partial charge is 0.472 e. The summed E-state index contributed by atoms with van der Waals surface area (Å²) < 4.78 is 32.7. The van der Waals surface area contributed by atoms with Crippen molar-refractivity contribution in [2.75, 3.05) is 19.8 Å². The topological polar surface area (TPSA) is 192 Å². The summed E-state index contributed by atoms with van der Waals surface area (Å²) in [5, 5.41) is 19.0. The molecule has 0 saturated heterocycles. The first kappa shape index (κ1) is 54.7.